The molecule has 0 aliphatic heterocycles. The van der Waals surface area contributed by atoms with Crippen molar-refractivity contribution in [1.82, 2.24) is 0 Å². The van der Waals surface area contributed by atoms with Gasteiger partial charge in [0.15, 0.2) is 11.5 Å². The van der Waals surface area contributed by atoms with Gasteiger partial charge < -0.3 is 14.2 Å². The summed E-state index contributed by atoms with van der Waals surface area (Å²) in [5.41, 5.74) is 0.813. The van der Waals surface area contributed by atoms with E-state index < -0.39 is 5.78 Å². The molecule has 0 amide bonds. The molecule has 2 rings (SSSR count). The number of carbonyl (C=O) groups excluding carboxylic acids is 1. The molecule has 0 saturated heterocycles. The Kier molecular flexibility index (Phi) is 6.86. The first kappa shape index (κ1) is 20.3. The highest BCUT2D eigenvalue weighted by Crippen LogP contribution is 2.37. The second-order valence-corrected chi connectivity index (χ2v) is 6.31. The summed E-state index contributed by atoms with van der Waals surface area (Å²) in [5.74, 6) is 0.804. The zero-order valence-corrected chi connectivity index (χ0v) is 16.3. The Labute approximate surface area is 163 Å². The Balaban J connectivity index is 2.47. The highest BCUT2D eigenvalue weighted by Gasteiger charge is 2.18. The molecule has 0 N–H and O–H groups in total. The van der Waals surface area contributed by atoms with Crippen molar-refractivity contribution in [3.63, 3.8) is 0 Å². The normalized spacial score (nSPS) is 11.1. The van der Waals surface area contributed by atoms with Crippen molar-refractivity contribution in [3.8, 4) is 23.3 Å². The van der Waals surface area contributed by atoms with Crippen LogP contribution in [0, 0.1) is 11.3 Å². The SMILES string of the molecule is COc1ccccc1C(=O)/C(C#N)=C/c1cc(Cl)c(OC(C)C)c(OC)c1. The van der Waals surface area contributed by atoms with E-state index in [-0.39, 0.29) is 11.7 Å². The van der Waals surface area contributed by atoms with Gasteiger partial charge in [-0.1, -0.05) is 23.7 Å². The number of rotatable bonds is 7. The van der Waals surface area contributed by atoms with E-state index in [2.05, 4.69) is 0 Å². The summed E-state index contributed by atoms with van der Waals surface area (Å²) < 4.78 is 16.2. The van der Waals surface area contributed by atoms with Crippen LogP contribution in [0.5, 0.6) is 17.2 Å². The molecule has 27 heavy (non-hydrogen) atoms. The minimum atomic E-state index is -0.437. The van der Waals surface area contributed by atoms with Crippen LogP contribution < -0.4 is 14.2 Å². The van der Waals surface area contributed by atoms with Crippen LogP contribution >= 0.6 is 11.6 Å². The standard InChI is InChI=1S/C21H20ClNO4/c1-13(2)27-21-17(22)10-14(11-19(21)26-4)9-15(12-23)20(24)16-7-5-6-8-18(16)25-3/h5-11,13H,1-4H3/b15-9+. The van der Waals surface area contributed by atoms with Gasteiger partial charge in [0.25, 0.3) is 0 Å². The minimum absolute atomic E-state index is 0.0462. The quantitative estimate of drug-likeness (QED) is 0.384. The maximum absolute atomic E-state index is 12.8. The Morgan fingerprint density at radius 3 is 2.41 bits per heavy atom. The second kappa shape index (κ2) is 9.11. The van der Waals surface area contributed by atoms with Crippen molar-refractivity contribution >= 4 is 23.5 Å². The third-order valence-electron chi connectivity index (χ3n) is 3.63. The number of allylic oxidation sites excluding steroid dienone is 1. The fraction of sp³-hybridized carbons (Fsp3) is 0.238. The lowest BCUT2D eigenvalue weighted by molar-refractivity contribution is 0.103. The van der Waals surface area contributed by atoms with Gasteiger partial charge in [-0.15, -0.1) is 0 Å². The van der Waals surface area contributed by atoms with Crippen LogP contribution in [-0.4, -0.2) is 26.1 Å². The maximum atomic E-state index is 12.8. The summed E-state index contributed by atoms with van der Waals surface area (Å²) >= 11 is 6.31. The van der Waals surface area contributed by atoms with Gasteiger partial charge in [-0.25, -0.2) is 0 Å². The van der Waals surface area contributed by atoms with Gasteiger partial charge in [-0.3, -0.25) is 4.79 Å². The average Bonchev–Trinajstić information content (AvgIpc) is 2.66. The first-order chi connectivity index (χ1) is 12.9. The number of para-hydroxylation sites is 1. The van der Waals surface area contributed by atoms with E-state index in [9.17, 15) is 10.1 Å². The smallest absolute Gasteiger partial charge is 0.207 e. The van der Waals surface area contributed by atoms with Crippen molar-refractivity contribution in [3.05, 3.63) is 58.1 Å². The Morgan fingerprint density at radius 2 is 1.81 bits per heavy atom. The number of ketones is 1. The topological polar surface area (TPSA) is 68.6 Å². The molecular weight excluding hydrogens is 366 g/mol. The predicted molar refractivity (Wildman–Crippen MR) is 105 cm³/mol. The van der Waals surface area contributed by atoms with Gasteiger partial charge in [0.05, 0.1) is 30.9 Å². The molecule has 0 unspecified atom stereocenters. The van der Waals surface area contributed by atoms with E-state index >= 15 is 0 Å². The van der Waals surface area contributed by atoms with E-state index in [1.54, 1.807) is 36.4 Å². The molecule has 0 heterocycles. The summed E-state index contributed by atoms with van der Waals surface area (Å²) in [6.45, 7) is 3.76. The zero-order valence-electron chi connectivity index (χ0n) is 15.6. The highest BCUT2D eigenvalue weighted by molar-refractivity contribution is 6.32. The number of methoxy groups -OCH3 is 2. The lowest BCUT2D eigenvalue weighted by Crippen LogP contribution is -2.07. The number of nitriles is 1. The van der Waals surface area contributed by atoms with Crippen molar-refractivity contribution in [1.29, 1.82) is 5.26 Å². The van der Waals surface area contributed by atoms with E-state index in [0.717, 1.165) is 0 Å². The molecule has 0 atom stereocenters. The van der Waals surface area contributed by atoms with Crippen molar-refractivity contribution in [2.24, 2.45) is 0 Å². The summed E-state index contributed by atoms with van der Waals surface area (Å²) in [7, 11) is 2.97. The maximum Gasteiger partial charge on any atom is 0.207 e. The Bertz CT molecular complexity index is 913. The summed E-state index contributed by atoms with van der Waals surface area (Å²) in [4.78, 5) is 12.8. The second-order valence-electron chi connectivity index (χ2n) is 5.90. The van der Waals surface area contributed by atoms with Crippen LogP contribution in [0.1, 0.15) is 29.8 Å². The number of Topliss-reactive ketones (excluding diaryl/α,β-unsaturated/α-hetero) is 1. The number of hydrogen-bond donors (Lipinski definition) is 0. The fourth-order valence-electron chi connectivity index (χ4n) is 2.47. The molecule has 0 aliphatic rings. The number of benzene rings is 2. The van der Waals surface area contributed by atoms with Crippen molar-refractivity contribution in [2.75, 3.05) is 14.2 Å². The molecule has 0 aliphatic carbocycles. The Hall–Kier alpha value is -2.97. The van der Waals surface area contributed by atoms with Gasteiger partial charge in [0.1, 0.15) is 17.4 Å². The van der Waals surface area contributed by atoms with Crippen LogP contribution in [0.15, 0.2) is 42.0 Å². The molecule has 0 fully saturated rings. The van der Waals surface area contributed by atoms with Crippen molar-refractivity contribution < 1.29 is 19.0 Å². The first-order valence-electron chi connectivity index (χ1n) is 8.25. The molecular formula is C21H20ClNO4. The molecule has 0 bridgehead atoms. The molecule has 2 aromatic rings. The monoisotopic (exact) mass is 385 g/mol. The van der Waals surface area contributed by atoms with Gasteiger partial charge in [0.2, 0.25) is 5.78 Å². The molecule has 0 aromatic heterocycles. The van der Waals surface area contributed by atoms with Crippen LogP contribution in [0.3, 0.4) is 0 Å². The number of hydrogen-bond acceptors (Lipinski definition) is 5. The number of halogens is 1. The fourth-order valence-corrected chi connectivity index (χ4v) is 2.73. The lowest BCUT2D eigenvalue weighted by atomic mass is 10.0. The molecule has 2 aromatic carbocycles. The van der Waals surface area contributed by atoms with Crippen LogP contribution in [0.4, 0.5) is 0 Å². The summed E-state index contributed by atoms with van der Waals surface area (Å²) in [5, 5.41) is 9.81. The molecule has 5 nitrogen and oxygen atoms in total. The Morgan fingerprint density at radius 1 is 1.15 bits per heavy atom. The predicted octanol–water partition coefficient (Wildman–Crippen LogP) is 4.93. The van der Waals surface area contributed by atoms with E-state index in [1.807, 2.05) is 19.9 Å². The van der Waals surface area contributed by atoms with Gasteiger partial charge >= 0.3 is 0 Å². The van der Waals surface area contributed by atoms with E-state index in [4.69, 9.17) is 25.8 Å². The first-order valence-corrected chi connectivity index (χ1v) is 8.62. The number of carbonyl (C=O) groups is 1. The van der Waals surface area contributed by atoms with Gasteiger partial charge in [-0.05, 0) is 49.8 Å². The molecule has 140 valence electrons. The van der Waals surface area contributed by atoms with Crippen LogP contribution in [0.25, 0.3) is 6.08 Å². The summed E-state index contributed by atoms with van der Waals surface area (Å²) in [6.07, 6.45) is 1.38. The molecule has 0 spiro atoms. The lowest BCUT2D eigenvalue weighted by Gasteiger charge is -2.15. The zero-order chi connectivity index (χ0) is 20.0. The van der Waals surface area contributed by atoms with Crippen molar-refractivity contribution in [2.45, 2.75) is 20.0 Å². The minimum Gasteiger partial charge on any atom is -0.496 e. The van der Waals surface area contributed by atoms with Gasteiger partial charge in [0, 0.05) is 0 Å². The van der Waals surface area contributed by atoms with Crippen LogP contribution in [0.2, 0.25) is 5.02 Å². The average molecular weight is 386 g/mol. The third-order valence-corrected chi connectivity index (χ3v) is 3.91. The molecule has 0 radical (unpaired) electrons. The molecule has 0 saturated carbocycles. The summed E-state index contributed by atoms with van der Waals surface area (Å²) in [6, 6.07) is 12.0. The highest BCUT2D eigenvalue weighted by atomic mass is 35.5. The largest absolute Gasteiger partial charge is 0.496 e. The molecule has 6 heteroatoms. The van der Waals surface area contributed by atoms with Gasteiger partial charge in [-0.2, -0.15) is 5.26 Å². The number of nitrogens with zero attached hydrogens (tertiary/aromatic N) is 1. The van der Waals surface area contributed by atoms with E-state index in [0.29, 0.717) is 33.4 Å². The third kappa shape index (κ3) is 4.81. The van der Waals surface area contributed by atoms with E-state index in [1.165, 1.54) is 20.3 Å². The van der Waals surface area contributed by atoms with Crippen LogP contribution in [-0.2, 0) is 0 Å². The number of ether oxygens (including phenoxy) is 3.